The molecule has 138 valence electrons. The van der Waals surface area contributed by atoms with Crippen LogP contribution in [0, 0.1) is 11.3 Å². The van der Waals surface area contributed by atoms with Crippen molar-refractivity contribution in [1.29, 1.82) is 0 Å². The summed E-state index contributed by atoms with van der Waals surface area (Å²) in [6, 6.07) is 0. The first kappa shape index (κ1) is 19.2. The monoisotopic (exact) mass is 340 g/mol. The average molecular weight is 340 g/mol. The van der Waals surface area contributed by atoms with Gasteiger partial charge < -0.3 is 14.7 Å². The Kier molecular flexibility index (Phi) is 5.91. The van der Waals surface area contributed by atoms with Crippen LogP contribution in [0.2, 0.25) is 0 Å². The fourth-order valence-corrected chi connectivity index (χ4v) is 3.80. The summed E-state index contributed by atoms with van der Waals surface area (Å²) in [4.78, 5) is 28.3. The van der Waals surface area contributed by atoms with Crippen LogP contribution in [0.25, 0.3) is 0 Å². The highest BCUT2D eigenvalue weighted by molar-refractivity contribution is 5.86. The van der Waals surface area contributed by atoms with Crippen LogP contribution in [0.15, 0.2) is 0 Å². The first-order valence-electron chi connectivity index (χ1n) is 8.96. The number of hydrogen-bond acceptors (Lipinski definition) is 5. The highest BCUT2D eigenvalue weighted by Gasteiger charge is 2.44. The molecule has 2 aliphatic rings. The van der Waals surface area contributed by atoms with Crippen LogP contribution in [0.5, 0.6) is 0 Å². The van der Waals surface area contributed by atoms with Gasteiger partial charge in [0.15, 0.2) is 5.60 Å². The zero-order valence-electron chi connectivity index (χ0n) is 15.5. The third-order valence-electron chi connectivity index (χ3n) is 4.98. The minimum absolute atomic E-state index is 0.0206. The molecule has 2 saturated heterocycles. The van der Waals surface area contributed by atoms with Crippen molar-refractivity contribution in [2.24, 2.45) is 11.3 Å². The average Bonchev–Trinajstić information content (AvgIpc) is 2.51. The maximum Gasteiger partial charge on any atom is 0.308 e. The van der Waals surface area contributed by atoms with Crippen LogP contribution in [0.4, 0.5) is 0 Å². The Hall–Kier alpha value is -1.14. The normalized spacial score (nSPS) is 27.4. The Morgan fingerprint density at radius 2 is 1.92 bits per heavy atom. The van der Waals surface area contributed by atoms with Gasteiger partial charge in [-0.15, -0.1) is 0 Å². The number of amides is 1. The fraction of sp³-hybridized carbons (Fsp3) is 0.889. The molecule has 0 aromatic heterocycles. The summed E-state index contributed by atoms with van der Waals surface area (Å²) in [6.07, 6.45) is 2.80. The minimum atomic E-state index is -1.29. The zero-order valence-corrected chi connectivity index (χ0v) is 15.5. The first-order valence-corrected chi connectivity index (χ1v) is 8.96. The van der Waals surface area contributed by atoms with Gasteiger partial charge in [-0.3, -0.25) is 14.5 Å². The molecule has 0 bridgehead atoms. The summed E-state index contributed by atoms with van der Waals surface area (Å²) in [5.74, 6) is -0.349. The molecule has 2 heterocycles. The number of ether oxygens (including phenoxy) is 1. The number of likely N-dealkylation sites (tertiary alicyclic amines) is 2. The Morgan fingerprint density at radius 3 is 2.46 bits per heavy atom. The van der Waals surface area contributed by atoms with Crippen molar-refractivity contribution < 1.29 is 19.4 Å². The van der Waals surface area contributed by atoms with E-state index >= 15 is 0 Å². The molecule has 1 amide bonds. The second kappa shape index (κ2) is 7.40. The molecule has 0 radical (unpaired) electrons. The number of carbonyl (C=O) groups is 2. The smallest absolute Gasteiger partial charge is 0.308 e. The number of hydrogen-bond donors (Lipinski definition) is 1. The minimum Gasteiger partial charge on any atom is -0.469 e. The maximum atomic E-state index is 12.8. The Labute approximate surface area is 145 Å². The molecule has 2 rings (SSSR count). The number of esters is 1. The molecule has 24 heavy (non-hydrogen) atoms. The van der Waals surface area contributed by atoms with E-state index in [0.29, 0.717) is 32.6 Å². The van der Waals surface area contributed by atoms with Gasteiger partial charge in [-0.1, -0.05) is 20.8 Å². The lowest BCUT2D eigenvalue weighted by molar-refractivity contribution is -0.162. The van der Waals surface area contributed by atoms with E-state index in [1.54, 1.807) is 0 Å². The molecule has 0 aromatic rings. The van der Waals surface area contributed by atoms with Crippen molar-refractivity contribution in [3.05, 3.63) is 0 Å². The summed E-state index contributed by atoms with van der Waals surface area (Å²) in [5, 5.41) is 11.0. The first-order chi connectivity index (χ1) is 11.1. The highest BCUT2D eigenvalue weighted by atomic mass is 16.5. The summed E-state index contributed by atoms with van der Waals surface area (Å²) in [6.45, 7) is 9.49. The van der Waals surface area contributed by atoms with Gasteiger partial charge in [-0.25, -0.2) is 0 Å². The van der Waals surface area contributed by atoms with E-state index in [4.69, 9.17) is 4.74 Å². The molecule has 2 aliphatic heterocycles. The quantitative estimate of drug-likeness (QED) is 0.781. The van der Waals surface area contributed by atoms with Gasteiger partial charge in [0.05, 0.1) is 13.0 Å². The van der Waals surface area contributed by atoms with Crippen LogP contribution < -0.4 is 0 Å². The summed E-state index contributed by atoms with van der Waals surface area (Å²) in [5.41, 5.74) is -1.27. The van der Waals surface area contributed by atoms with Gasteiger partial charge in [-0.2, -0.15) is 0 Å². The largest absolute Gasteiger partial charge is 0.469 e. The van der Waals surface area contributed by atoms with Crippen LogP contribution in [-0.4, -0.2) is 72.2 Å². The highest BCUT2D eigenvalue weighted by Crippen LogP contribution is 2.28. The molecule has 1 N–H and O–H groups in total. The topological polar surface area (TPSA) is 70.1 Å². The standard InChI is InChI=1S/C18H32N2O4/c1-17(2,3)12-20-9-5-8-18(23,16(20)22)13-19-10-6-14(7-11-19)15(21)24-4/h14,23H,5-13H2,1-4H3/t18-/m0/s1. The molecule has 6 nitrogen and oxygen atoms in total. The summed E-state index contributed by atoms with van der Waals surface area (Å²) < 4.78 is 4.80. The molecule has 0 unspecified atom stereocenters. The SMILES string of the molecule is COC(=O)C1CCN(C[C@@]2(O)CCCN(CC(C)(C)C)C2=O)CC1. The van der Waals surface area contributed by atoms with Crippen molar-refractivity contribution in [3.63, 3.8) is 0 Å². The molecular weight excluding hydrogens is 308 g/mol. The molecule has 0 spiro atoms. The predicted molar refractivity (Wildman–Crippen MR) is 91.4 cm³/mol. The summed E-state index contributed by atoms with van der Waals surface area (Å²) in [7, 11) is 1.42. The number of methoxy groups -OCH3 is 1. The van der Waals surface area contributed by atoms with E-state index in [9.17, 15) is 14.7 Å². The van der Waals surface area contributed by atoms with E-state index in [-0.39, 0.29) is 23.2 Å². The van der Waals surface area contributed by atoms with E-state index < -0.39 is 5.60 Å². The van der Waals surface area contributed by atoms with E-state index in [1.807, 2.05) is 4.90 Å². The Morgan fingerprint density at radius 1 is 1.29 bits per heavy atom. The molecule has 0 aliphatic carbocycles. The maximum absolute atomic E-state index is 12.8. The Balaban J connectivity index is 1.93. The fourth-order valence-electron chi connectivity index (χ4n) is 3.80. The molecule has 6 heteroatoms. The number of carbonyl (C=O) groups excluding carboxylic acids is 2. The van der Waals surface area contributed by atoms with Gasteiger partial charge in [0, 0.05) is 19.6 Å². The number of rotatable bonds is 4. The third kappa shape index (κ3) is 4.70. The Bertz CT molecular complexity index is 466. The van der Waals surface area contributed by atoms with Gasteiger partial charge in [0.1, 0.15) is 0 Å². The van der Waals surface area contributed by atoms with Crippen molar-refractivity contribution in [1.82, 2.24) is 9.80 Å². The van der Waals surface area contributed by atoms with Gasteiger partial charge in [0.2, 0.25) is 0 Å². The predicted octanol–water partition coefficient (Wildman–Crippen LogP) is 1.27. The lowest BCUT2D eigenvalue weighted by atomic mass is 9.87. The lowest BCUT2D eigenvalue weighted by Gasteiger charge is -2.43. The third-order valence-corrected chi connectivity index (χ3v) is 4.98. The molecule has 0 saturated carbocycles. The molecule has 2 fully saturated rings. The van der Waals surface area contributed by atoms with Crippen LogP contribution in [0.3, 0.4) is 0 Å². The van der Waals surface area contributed by atoms with Crippen molar-refractivity contribution in [2.75, 3.05) is 39.8 Å². The second-order valence-corrected chi connectivity index (χ2v) is 8.50. The van der Waals surface area contributed by atoms with E-state index in [0.717, 1.165) is 25.8 Å². The van der Waals surface area contributed by atoms with Crippen LogP contribution in [-0.2, 0) is 14.3 Å². The number of β-amino-alcohol motifs (C(OH)–C–C–N with tert-alkyl or cyclic N) is 1. The summed E-state index contributed by atoms with van der Waals surface area (Å²) >= 11 is 0. The lowest BCUT2D eigenvalue weighted by Crippen LogP contribution is -2.60. The van der Waals surface area contributed by atoms with E-state index in [2.05, 4.69) is 25.7 Å². The van der Waals surface area contributed by atoms with Crippen LogP contribution in [0.1, 0.15) is 46.5 Å². The second-order valence-electron chi connectivity index (χ2n) is 8.50. The van der Waals surface area contributed by atoms with Crippen LogP contribution >= 0.6 is 0 Å². The van der Waals surface area contributed by atoms with E-state index in [1.165, 1.54) is 7.11 Å². The van der Waals surface area contributed by atoms with Crippen molar-refractivity contribution >= 4 is 11.9 Å². The van der Waals surface area contributed by atoms with Gasteiger partial charge in [-0.05, 0) is 44.2 Å². The van der Waals surface area contributed by atoms with Crippen molar-refractivity contribution in [3.8, 4) is 0 Å². The zero-order chi connectivity index (χ0) is 18.0. The van der Waals surface area contributed by atoms with Gasteiger partial charge >= 0.3 is 5.97 Å². The molecule has 0 aromatic carbocycles. The van der Waals surface area contributed by atoms with Crippen molar-refractivity contribution in [2.45, 2.75) is 52.1 Å². The molecule has 1 atom stereocenters. The number of aliphatic hydroxyl groups is 1. The molecular formula is C18H32N2O4. The van der Waals surface area contributed by atoms with Gasteiger partial charge in [0.25, 0.3) is 5.91 Å². The number of nitrogens with zero attached hydrogens (tertiary/aromatic N) is 2. The number of piperidine rings is 2.